The number of carbonyl (C=O) groups excluding carboxylic acids is 1. The number of benzene rings is 1. The summed E-state index contributed by atoms with van der Waals surface area (Å²) in [7, 11) is 0. The fraction of sp³-hybridized carbons (Fsp3) is 0.389. The molecule has 1 aromatic heterocycles. The van der Waals surface area contributed by atoms with Crippen molar-refractivity contribution in [3.05, 3.63) is 54.0 Å². The average Bonchev–Trinajstić information content (AvgIpc) is 3.16. The second-order valence-electron chi connectivity index (χ2n) is 5.81. The van der Waals surface area contributed by atoms with E-state index in [0.29, 0.717) is 12.1 Å². The highest BCUT2D eigenvalue weighted by molar-refractivity contribution is 6.02. The molecule has 128 valence electrons. The van der Waals surface area contributed by atoms with Crippen LogP contribution < -0.4 is 5.32 Å². The maximum absolute atomic E-state index is 11.9. The summed E-state index contributed by atoms with van der Waals surface area (Å²) in [5, 5.41) is 13.1. The largest absolute Gasteiger partial charge is 0.459 e. The summed E-state index contributed by atoms with van der Waals surface area (Å²) in [6, 6.07) is 10.5. The molecule has 2 aromatic rings. The van der Waals surface area contributed by atoms with Crippen molar-refractivity contribution in [1.29, 1.82) is 0 Å². The Morgan fingerprint density at radius 3 is 2.62 bits per heavy atom. The van der Waals surface area contributed by atoms with Gasteiger partial charge in [-0.25, -0.2) is 0 Å². The summed E-state index contributed by atoms with van der Waals surface area (Å²) in [6.45, 7) is 4.22. The fourth-order valence-electron chi connectivity index (χ4n) is 2.69. The Labute approximate surface area is 141 Å². The molecule has 0 saturated carbocycles. The van der Waals surface area contributed by atoms with Gasteiger partial charge < -0.3 is 19.6 Å². The highest BCUT2D eigenvalue weighted by atomic mass is 16.5. The van der Waals surface area contributed by atoms with Crippen molar-refractivity contribution in [2.45, 2.75) is 12.5 Å². The predicted molar refractivity (Wildman–Crippen MR) is 89.9 cm³/mol. The molecule has 1 aliphatic rings. The van der Waals surface area contributed by atoms with Gasteiger partial charge in [-0.15, -0.1) is 0 Å². The number of carbonyl (C=O) groups is 1. The van der Waals surface area contributed by atoms with Gasteiger partial charge in [-0.05, 0) is 36.2 Å². The zero-order valence-electron chi connectivity index (χ0n) is 13.5. The topological polar surface area (TPSA) is 74.9 Å². The number of hydrogen-bond acceptors (Lipinski definition) is 5. The van der Waals surface area contributed by atoms with E-state index in [9.17, 15) is 9.90 Å². The zero-order valence-corrected chi connectivity index (χ0v) is 13.5. The average molecular weight is 330 g/mol. The van der Waals surface area contributed by atoms with Crippen LogP contribution in [0.3, 0.4) is 0 Å². The highest BCUT2D eigenvalue weighted by Gasteiger charge is 2.14. The lowest BCUT2D eigenvalue weighted by atomic mass is 10.1. The Morgan fingerprint density at radius 2 is 1.96 bits per heavy atom. The van der Waals surface area contributed by atoms with Crippen molar-refractivity contribution < 1.29 is 19.1 Å². The summed E-state index contributed by atoms with van der Waals surface area (Å²) in [4.78, 5) is 14.2. The van der Waals surface area contributed by atoms with Crippen LogP contribution in [0.15, 0.2) is 47.1 Å². The fourth-order valence-corrected chi connectivity index (χ4v) is 2.69. The van der Waals surface area contributed by atoms with Crippen LogP contribution in [0.1, 0.15) is 28.6 Å². The smallest absolute Gasteiger partial charge is 0.291 e. The van der Waals surface area contributed by atoms with E-state index in [0.717, 1.165) is 38.4 Å². The van der Waals surface area contributed by atoms with E-state index in [1.807, 2.05) is 12.1 Å². The van der Waals surface area contributed by atoms with E-state index in [-0.39, 0.29) is 11.7 Å². The van der Waals surface area contributed by atoms with E-state index in [2.05, 4.69) is 10.2 Å². The van der Waals surface area contributed by atoms with E-state index < -0.39 is 6.10 Å². The van der Waals surface area contributed by atoms with Gasteiger partial charge in [-0.3, -0.25) is 9.69 Å². The van der Waals surface area contributed by atoms with Crippen LogP contribution in [0.25, 0.3) is 0 Å². The van der Waals surface area contributed by atoms with Crippen molar-refractivity contribution in [2.75, 3.05) is 38.2 Å². The van der Waals surface area contributed by atoms with Crippen LogP contribution in [-0.2, 0) is 4.74 Å². The molecule has 0 bridgehead atoms. The number of aliphatic hydroxyl groups excluding tert-OH is 1. The minimum atomic E-state index is -0.511. The number of nitrogens with zero attached hydrogens (tertiary/aromatic N) is 1. The Bertz CT molecular complexity index is 634. The van der Waals surface area contributed by atoms with E-state index >= 15 is 0 Å². The molecular weight excluding hydrogens is 308 g/mol. The molecule has 1 aromatic carbocycles. The normalized spacial score (nSPS) is 16.7. The number of rotatable bonds is 6. The van der Waals surface area contributed by atoms with Crippen LogP contribution in [0.2, 0.25) is 0 Å². The molecule has 0 radical (unpaired) electrons. The van der Waals surface area contributed by atoms with Crippen molar-refractivity contribution in [1.82, 2.24) is 4.90 Å². The van der Waals surface area contributed by atoms with Crippen LogP contribution in [0.5, 0.6) is 0 Å². The third-order valence-electron chi connectivity index (χ3n) is 4.12. The van der Waals surface area contributed by atoms with Gasteiger partial charge in [-0.2, -0.15) is 0 Å². The maximum atomic E-state index is 11.9. The molecule has 0 aliphatic carbocycles. The van der Waals surface area contributed by atoms with Crippen molar-refractivity contribution in [2.24, 2.45) is 0 Å². The molecule has 2 N–H and O–H groups in total. The van der Waals surface area contributed by atoms with E-state index in [1.54, 1.807) is 24.3 Å². The second-order valence-corrected chi connectivity index (χ2v) is 5.81. The number of hydrogen-bond donors (Lipinski definition) is 2. The predicted octanol–water partition coefficient (Wildman–Crippen LogP) is 2.29. The molecule has 1 fully saturated rings. The third-order valence-corrected chi connectivity index (χ3v) is 4.12. The van der Waals surface area contributed by atoms with Crippen molar-refractivity contribution in [3.8, 4) is 0 Å². The van der Waals surface area contributed by atoms with Gasteiger partial charge in [0.1, 0.15) is 0 Å². The van der Waals surface area contributed by atoms with Crippen LogP contribution in [0.4, 0.5) is 5.69 Å². The Kier molecular flexibility index (Phi) is 5.63. The zero-order chi connectivity index (χ0) is 16.8. The Hall–Kier alpha value is -2.15. The van der Waals surface area contributed by atoms with Gasteiger partial charge in [0, 0.05) is 25.3 Å². The molecular formula is C18H22N2O4. The van der Waals surface area contributed by atoms with Crippen LogP contribution in [-0.4, -0.2) is 48.8 Å². The van der Waals surface area contributed by atoms with Crippen LogP contribution in [0, 0.1) is 0 Å². The molecule has 3 rings (SSSR count). The summed E-state index contributed by atoms with van der Waals surface area (Å²) in [5.41, 5.74) is 1.51. The first-order valence-electron chi connectivity index (χ1n) is 8.15. The Morgan fingerprint density at radius 1 is 1.21 bits per heavy atom. The standard InChI is InChI=1S/C18H22N2O4/c21-16(7-8-20-9-12-23-13-10-20)14-3-5-15(6-4-14)19-18(22)17-2-1-11-24-17/h1-6,11,16,21H,7-10,12-13H2,(H,19,22). The third kappa shape index (κ3) is 4.44. The lowest BCUT2D eigenvalue weighted by molar-refractivity contribution is 0.0300. The number of furan rings is 1. The first kappa shape index (κ1) is 16.7. The van der Waals surface area contributed by atoms with Gasteiger partial charge in [0.2, 0.25) is 0 Å². The lowest BCUT2D eigenvalue weighted by Crippen LogP contribution is -2.37. The number of amides is 1. The molecule has 24 heavy (non-hydrogen) atoms. The van der Waals surface area contributed by atoms with Crippen LogP contribution >= 0.6 is 0 Å². The van der Waals surface area contributed by atoms with Gasteiger partial charge in [0.25, 0.3) is 5.91 Å². The van der Waals surface area contributed by atoms with Crippen molar-refractivity contribution >= 4 is 11.6 Å². The monoisotopic (exact) mass is 330 g/mol. The quantitative estimate of drug-likeness (QED) is 0.850. The molecule has 1 atom stereocenters. The summed E-state index contributed by atoms with van der Waals surface area (Å²) in [6.07, 6.45) is 1.63. The summed E-state index contributed by atoms with van der Waals surface area (Å²) in [5.74, 6) is -0.0229. The maximum Gasteiger partial charge on any atom is 0.291 e. The number of ether oxygens (including phenoxy) is 1. The van der Waals surface area contributed by atoms with Gasteiger partial charge in [-0.1, -0.05) is 12.1 Å². The number of nitrogens with one attached hydrogen (secondary N) is 1. The molecule has 0 spiro atoms. The number of anilines is 1. The van der Waals surface area contributed by atoms with Gasteiger partial charge >= 0.3 is 0 Å². The molecule has 6 nitrogen and oxygen atoms in total. The van der Waals surface area contributed by atoms with E-state index in [1.165, 1.54) is 6.26 Å². The minimum Gasteiger partial charge on any atom is -0.459 e. The SMILES string of the molecule is O=C(Nc1ccc(C(O)CCN2CCOCC2)cc1)c1ccco1. The summed E-state index contributed by atoms with van der Waals surface area (Å²) < 4.78 is 10.4. The van der Waals surface area contributed by atoms with E-state index in [4.69, 9.17) is 9.15 Å². The second kappa shape index (κ2) is 8.10. The summed E-state index contributed by atoms with van der Waals surface area (Å²) >= 11 is 0. The highest BCUT2D eigenvalue weighted by Crippen LogP contribution is 2.20. The lowest BCUT2D eigenvalue weighted by Gasteiger charge is -2.27. The molecule has 2 heterocycles. The molecule has 1 aliphatic heterocycles. The van der Waals surface area contributed by atoms with Gasteiger partial charge in [0.05, 0.1) is 25.6 Å². The molecule has 1 saturated heterocycles. The number of morpholine rings is 1. The van der Waals surface area contributed by atoms with Gasteiger partial charge in [0.15, 0.2) is 5.76 Å². The minimum absolute atomic E-state index is 0.268. The molecule has 1 amide bonds. The molecule has 1 unspecified atom stereocenters. The first-order valence-corrected chi connectivity index (χ1v) is 8.15. The first-order chi connectivity index (χ1) is 11.7. The van der Waals surface area contributed by atoms with Crippen molar-refractivity contribution in [3.63, 3.8) is 0 Å². The molecule has 6 heteroatoms. The number of aliphatic hydroxyl groups is 1. The Balaban J connectivity index is 1.50.